The Kier molecular flexibility index (Phi) is 4.82. The van der Waals surface area contributed by atoms with E-state index in [0.29, 0.717) is 10.5 Å². The third-order valence-electron chi connectivity index (χ3n) is 3.46. The van der Waals surface area contributed by atoms with Crippen LogP contribution in [0.1, 0.15) is 11.1 Å². The molecule has 1 fully saturated rings. The number of nitro benzene ring substituents is 1. The summed E-state index contributed by atoms with van der Waals surface area (Å²) >= 11 is 6.19. The molecular formula is C17H13N3O3S2. The zero-order valence-electron chi connectivity index (χ0n) is 13.1. The molecule has 0 unspecified atom stereocenters. The average Bonchev–Trinajstić information content (AvgIpc) is 2.88. The molecule has 6 nitrogen and oxygen atoms in total. The number of amides is 1. The number of thiocarbonyl (C=S) groups is 1. The average molecular weight is 371 g/mol. The van der Waals surface area contributed by atoms with Gasteiger partial charge >= 0.3 is 0 Å². The minimum atomic E-state index is -0.425. The predicted octanol–water partition coefficient (Wildman–Crippen LogP) is 3.40. The van der Waals surface area contributed by atoms with E-state index in [1.165, 1.54) is 23.9 Å². The van der Waals surface area contributed by atoms with Gasteiger partial charge < -0.3 is 5.32 Å². The topological polar surface area (TPSA) is 84.3 Å². The van der Waals surface area contributed by atoms with Gasteiger partial charge in [0.1, 0.15) is 5.70 Å². The number of benzene rings is 2. The van der Waals surface area contributed by atoms with E-state index < -0.39 is 4.92 Å². The summed E-state index contributed by atoms with van der Waals surface area (Å²) in [5.74, 6) is -0.356. The summed E-state index contributed by atoms with van der Waals surface area (Å²) in [7, 11) is 0. The predicted molar refractivity (Wildman–Crippen MR) is 100 cm³/mol. The first-order valence-electron chi connectivity index (χ1n) is 7.29. The van der Waals surface area contributed by atoms with Crippen LogP contribution in [0.4, 0.5) is 5.69 Å². The molecule has 0 saturated carbocycles. The summed E-state index contributed by atoms with van der Waals surface area (Å²) in [5, 5.41) is 16.8. The van der Waals surface area contributed by atoms with Crippen molar-refractivity contribution in [1.29, 1.82) is 0 Å². The van der Waals surface area contributed by atoms with Crippen LogP contribution in [0.2, 0.25) is 0 Å². The van der Waals surface area contributed by atoms with Gasteiger partial charge in [0.05, 0.1) is 9.82 Å². The highest BCUT2D eigenvalue weighted by molar-refractivity contribution is 7.99. The molecule has 0 atom stereocenters. The number of hydrogen-bond donors (Lipinski definition) is 2. The van der Waals surface area contributed by atoms with Crippen LogP contribution in [0.5, 0.6) is 0 Å². The van der Waals surface area contributed by atoms with Crippen LogP contribution in [-0.4, -0.2) is 15.9 Å². The number of carbonyl (C=O) groups is 1. The van der Waals surface area contributed by atoms with Crippen molar-refractivity contribution in [2.45, 2.75) is 16.7 Å². The monoisotopic (exact) mass is 371 g/mol. The van der Waals surface area contributed by atoms with Crippen molar-refractivity contribution in [1.82, 2.24) is 10.6 Å². The van der Waals surface area contributed by atoms with Crippen LogP contribution in [0.3, 0.4) is 0 Å². The maximum Gasteiger partial charge on any atom is 0.283 e. The fourth-order valence-electron chi connectivity index (χ4n) is 2.24. The lowest BCUT2D eigenvalue weighted by Crippen LogP contribution is -2.21. The first-order chi connectivity index (χ1) is 11.9. The molecule has 25 heavy (non-hydrogen) atoms. The van der Waals surface area contributed by atoms with E-state index in [1.807, 2.05) is 31.2 Å². The molecule has 2 N–H and O–H groups in total. The van der Waals surface area contributed by atoms with E-state index in [0.717, 1.165) is 10.5 Å². The fourth-order valence-corrected chi connectivity index (χ4v) is 3.34. The summed E-state index contributed by atoms with van der Waals surface area (Å²) in [6, 6.07) is 12.6. The summed E-state index contributed by atoms with van der Waals surface area (Å²) in [6.45, 7) is 1.98. The second-order valence-corrected chi connectivity index (χ2v) is 6.89. The van der Waals surface area contributed by atoms with Crippen molar-refractivity contribution in [3.8, 4) is 0 Å². The highest BCUT2D eigenvalue weighted by Crippen LogP contribution is 2.35. The molecule has 3 rings (SSSR count). The maximum atomic E-state index is 11.7. The van der Waals surface area contributed by atoms with Crippen molar-refractivity contribution >= 4 is 46.8 Å². The van der Waals surface area contributed by atoms with E-state index in [2.05, 4.69) is 10.6 Å². The fraction of sp³-hybridized carbons (Fsp3) is 0.0588. The number of carbonyl (C=O) groups excluding carboxylic acids is 1. The smallest absolute Gasteiger partial charge is 0.283 e. The van der Waals surface area contributed by atoms with Gasteiger partial charge in [0.15, 0.2) is 5.11 Å². The molecule has 1 saturated heterocycles. The Balaban J connectivity index is 1.92. The van der Waals surface area contributed by atoms with Gasteiger partial charge in [-0.05, 0) is 49.0 Å². The second-order valence-electron chi connectivity index (χ2n) is 5.37. The van der Waals surface area contributed by atoms with Crippen molar-refractivity contribution in [3.63, 3.8) is 0 Å². The van der Waals surface area contributed by atoms with Gasteiger partial charge in [0.25, 0.3) is 11.6 Å². The quantitative estimate of drug-likeness (QED) is 0.371. The molecule has 0 aliphatic carbocycles. The normalized spacial score (nSPS) is 15.2. The molecule has 8 heteroatoms. The van der Waals surface area contributed by atoms with E-state index >= 15 is 0 Å². The van der Waals surface area contributed by atoms with Crippen LogP contribution in [0.25, 0.3) is 6.08 Å². The van der Waals surface area contributed by atoms with Crippen molar-refractivity contribution in [2.24, 2.45) is 0 Å². The lowest BCUT2D eigenvalue weighted by molar-refractivity contribution is -0.387. The number of aryl methyl sites for hydroxylation is 1. The Bertz CT molecular complexity index is 908. The summed E-state index contributed by atoms with van der Waals surface area (Å²) < 4.78 is 0. The summed E-state index contributed by atoms with van der Waals surface area (Å²) in [4.78, 5) is 24.1. The van der Waals surface area contributed by atoms with E-state index in [4.69, 9.17) is 12.2 Å². The van der Waals surface area contributed by atoms with Gasteiger partial charge in [0, 0.05) is 11.0 Å². The van der Waals surface area contributed by atoms with Crippen molar-refractivity contribution < 1.29 is 9.72 Å². The third kappa shape index (κ3) is 4.04. The van der Waals surface area contributed by atoms with Gasteiger partial charge in [-0.15, -0.1) is 0 Å². The van der Waals surface area contributed by atoms with Crippen molar-refractivity contribution in [3.05, 3.63) is 69.4 Å². The van der Waals surface area contributed by atoms with Gasteiger partial charge in [-0.25, -0.2) is 0 Å². The van der Waals surface area contributed by atoms with E-state index in [1.54, 1.807) is 12.1 Å². The number of nitrogens with zero attached hydrogens (tertiary/aromatic N) is 1. The Morgan fingerprint density at radius 2 is 1.88 bits per heavy atom. The van der Waals surface area contributed by atoms with E-state index in [-0.39, 0.29) is 22.4 Å². The SMILES string of the molecule is Cc1ccc(Sc2ccc(/C=C3\NC(=S)NC3=O)cc2[N+](=O)[O-])cc1. The number of rotatable bonds is 4. The van der Waals surface area contributed by atoms with Crippen LogP contribution < -0.4 is 10.6 Å². The molecular weight excluding hydrogens is 358 g/mol. The summed E-state index contributed by atoms with van der Waals surface area (Å²) in [5.41, 5.74) is 1.92. The minimum Gasteiger partial charge on any atom is -0.328 e. The molecule has 0 spiro atoms. The molecule has 126 valence electrons. The lowest BCUT2D eigenvalue weighted by atomic mass is 10.1. The third-order valence-corrected chi connectivity index (χ3v) is 4.74. The number of nitrogens with one attached hydrogen (secondary N) is 2. The van der Waals surface area contributed by atoms with Gasteiger partial charge in [-0.3, -0.25) is 20.2 Å². The van der Waals surface area contributed by atoms with Gasteiger partial charge in [0.2, 0.25) is 0 Å². The molecule has 1 aliphatic rings. The van der Waals surface area contributed by atoms with Crippen LogP contribution in [0.15, 0.2) is 58.0 Å². The van der Waals surface area contributed by atoms with Gasteiger partial charge in [-0.1, -0.05) is 35.5 Å². The molecule has 0 aromatic heterocycles. The second kappa shape index (κ2) is 7.04. The zero-order chi connectivity index (χ0) is 18.0. The Morgan fingerprint density at radius 3 is 2.48 bits per heavy atom. The highest BCUT2D eigenvalue weighted by atomic mass is 32.2. The molecule has 2 aromatic rings. The Labute approximate surface area is 153 Å². The van der Waals surface area contributed by atoms with Crippen LogP contribution in [0, 0.1) is 17.0 Å². The standard InChI is InChI=1S/C17H13N3O3S2/c1-10-2-5-12(6-3-10)25-15-7-4-11(9-14(15)20(22)23)8-13-16(21)19-17(24)18-13/h2-9H,1H3,(H2,18,19,21,24)/b13-8-. The Morgan fingerprint density at radius 1 is 1.16 bits per heavy atom. The highest BCUT2D eigenvalue weighted by Gasteiger charge is 2.21. The largest absolute Gasteiger partial charge is 0.328 e. The van der Waals surface area contributed by atoms with E-state index in [9.17, 15) is 14.9 Å². The zero-order valence-corrected chi connectivity index (χ0v) is 14.7. The molecule has 0 bridgehead atoms. The molecule has 0 radical (unpaired) electrons. The molecule has 2 aromatic carbocycles. The molecule has 1 heterocycles. The molecule has 1 aliphatic heterocycles. The first-order valence-corrected chi connectivity index (χ1v) is 8.52. The van der Waals surface area contributed by atoms with Crippen LogP contribution in [-0.2, 0) is 4.79 Å². The first kappa shape index (κ1) is 17.1. The number of hydrogen-bond acceptors (Lipinski definition) is 5. The minimum absolute atomic E-state index is 0.0130. The molecule has 1 amide bonds. The summed E-state index contributed by atoms with van der Waals surface area (Å²) in [6.07, 6.45) is 1.53. The van der Waals surface area contributed by atoms with Crippen LogP contribution >= 0.6 is 24.0 Å². The lowest BCUT2D eigenvalue weighted by Gasteiger charge is -2.05. The van der Waals surface area contributed by atoms with Gasteiger partial charge in [-0.2, -0.15) is 0 Å². The van der Waals surface area contributed by atoms with Crippen molar-refractivity contribution in [2.75, 3.05) is 0 Å². The maximum absolute atomic E-state index is 11.7. The Hall–Kier alpha value is -2.71. The number of nitro groups is 1.